The second-order valence-corrected chi connectivity index (χ2v) is 7.76. The van der Waals surface area contributed by atoms with Crippen molar-refractivity contribution in [3.05, 3.63) is 71.6 Å². The summed E-state index contributed by atoms with van der Waals surface area (Å²) in [7, 11) is 4.37. The Labute approximate surface area is 201 Å². The number of aromatic nitrogens is 3. The van der Waals surface area contributed by atoms with Gasteiger partial charge in [-0.05, 0) is 31.2 Å². The predicted molar refractivity (Wildman–Crippen MR) is 127 cm³/mol. The molecule has 9 nitrogen and oxygen atoms in total. The maximum absolute atomic E-state index is 14.7. The van der Waals surface area contributed by atoms with Gasteiger partial charge in [0.05, 0.1) is 45.3 Å². The molecule has 182 valence electrons. The minimum atomic E-state index is -1.54. The van der Waals surface area contributed by atoms with Crippen LogP contribution in [-0.4, -0.2) is 46.9 Å². The van der Waals surface area contributed by atoms with Crippen molar-refractivity contribution in [3.63, 3.8) is 0 Å². The number of aliphatic hydroxyl groups is 1. The first-order valence-electron chi connectivity index (χ1n) is 10.7. The lowest BCUT2D eigenvalue weighted by atomic mass is 10.0. The Morgan fingerprint density at radius 1 is 1.11 bits per heavy atom. The Kier molecular flexibility index (Phi) is 6.83. The lowest BCUT2D eigenvalue weighted by molar-refractivity contribution is -0.124. The van der Waals surface area contributed by atoms with E-state index in [-0.39, 0.29) is 12.3 Å². The quantitative estimate of drug-likeness (QED) is 0.397. The minimum absolute atomic E-state index is 0.00458. The van der Waals surface area contributed by atoms with E-state index < -0.39 is 17.8 Å². The molecule has 1 amide bonds. The number of fused-ring (bicyclic) bond motifs is 1. The number of nitrogens with one attached hydrogen (secondary N) is 1. The van der Waals surface area contributed by atoms with E-state index in [0.29, 0.717) is 45.2 Å². The van der Waals surface area contributed by atoms with Crippen LogP contribution in [0.5, 0.6) is 17.4 Å². The fourth-order valence-electron chi connectivity index (χ4n) is 3.94. The van der Waals surface area contributed by atoms with Crippen LogP contribution >= 0.6 is 0 Å². The molecule has 3 heterocycles. The number of methoxy groups -OCH3 is 3. The van der Waals surface area contributed by atoms with Crippen LogP contribution in [-0.2, 0) is 11.3 Å². The number of carbonyl (C=O) groups excluding carboxylic acids is 1. The van der Waals surface area contributed by atoms with E-state index in [0.717, 1.165) is 0 Å². The normalized spacial score (nSPS) is 11.8. The van der Waals surface area contributed by atoms with Gasteiger partial charge in [-0.15, -0.1) is 0 Å². The summed E-state index contributed by atoms with van der Waals surface area (Å²) in [6, 6.07) is 9.50. The molecule has 1 atom stereocenters. The number of amides is 1. The molecule has 1 aromatic carbocycles. The number of ether oxygens (including phenoxy) is 3. The van der Waals surface area contributed by atoms with Crippen LogP contribution in [0, 0.1) is 12.7 Å². The zero-order chi connectivity index (χ0) is 25.1. The molecule has 4 aromatic rings. The summed E-state index contributed by atoms with van der Waals surface area (Å²) in [5.41, 5.74) is 2.51. The Balaban J connectivity index is 1.76. The molecule has 0 bridgehead atoms. The van der Waals surface area contributed by atoms with E-state index in [1.54, 1.807) is 43.0 Å². The molecular weight excluding hydrogens is 455 g/mol. The second kappa shape index (κ2) is 9.98. The highest BCUT2D eigenvalue weighted by atomic mass is 19.1. The molecule has 0 aliphatic rings. The summed E-state index contributed by atoms with van der Waals surface area (Å²) in [4.78, 5) is 21.4. The number of halogens is 1. The summed E-state index contributed by atoms with van der Waals surface area (Å²) in [5, 5.41) is 14.3. The molecule has 0 saturated carbocycles. The number of benzene rings is 1. The number of anilines is 1. The molecule has 0 aliphatic carbocycles. The van der Waals surface area contributed by atoms with Gasteiger partial charge in [-0.3, -0.25) is 9.78 Å². The maximum Gasteiger partial charge on any atom is 0.257 e. The monoisotopic (exact) mass is 480 g/mol. The molecular formula is C25H25FN4O5. The van der Waals surface area contributed by atoms with Crippen molar-refractivity contribution in [2.24, 2.45) is 0 Å². The molecule has 3 aromatic heterocycles. The number of hydrogen-bond donors (Lipinski definition) is 2. The van der Waals surface area contributed by atoms with Crippen molar-refractivity contribution in [1.29, 1.82) is 0 Å². The van der Waals surface area contributed by atoms with Crippen LogP contribution in [0.25, 0.3) is 10.9 Å². The molecule has 2 N–H and O–H groups in total. The van der Waals surface area contributed by atoms with Crippen molar-refractivity contribution in [2.45, 2.75) is 19.6 Å². The maximum atomic E-state index is 14.7. The highest BCUT2D eigenvalue weighted by molar-refractivity contribution is 5.99. The molecule has 4 rings (SSSR count). The number of hydrogen-bond acceptors (Lipinski definition) is 7. The van der Waals surface area contributed by atoms with Gasteiger partial charge in [0.2, 0.25) is 5.88 Å². The highest BCUT2D eigenvalue weighted by Crippen LogP contribution is 2.36. The molecule has 35 heavy (non-hydrogen) atoms. The van der Waals surface area contributed by atoms with E-state index in [4.69, 9.17) is 14.2 Å². The molecule has 1 unspecified atom stereocenters. The Hall–Kier alpha value is -4.18. The first kappa shape index (κ1) is 24.0. The van der Waals surface area contributed by atoms with Crippen molar-refractivity contribution < 1.29 is 28.5 Å². The lowest BCUT2D eigenvalue weighted by Crippen LogP contribution is -2.21. The minimum Gasteiger partial charge on any atom is -0.495 e. The van der Waals surface area contributed by atoms with E-state index in [2.05, 4.69) is 15.3 Å². The Morgan fingerprint density at radius 2 is 1.91 bits per heavy atom. The van der Waals surface area contributed by atoms with Gasteiger partial charge in [-0.2, -0.15) is 0 Å². The zero-order valence-electron chi connectivity index (χ0n) is 19.7. The third kappa shape index (κ3) is 4.73. The number of nitrogens with zero attached hydrogens (tertiary/aromatic N) is 3. The summed E-state index contributed by atoms with van der Waals surface area (Å²) >= 11 is 0. The first-order chi connectivity index (χ1) is 16.9. The average molecular weight is 480 g/mol. The molecule has 0 fully saturated rings. The van der Waals surface area contributed by atoms with Crippen molar-refractivity contribution in [2.75, 3.05) is 26.6 Å². The summed E-state index contributed by atoms with van der Waals surface area (Å²) < 4.78 is 31.9. The van der Waals surface area contributed by atoms with Gasteiger partial charge < -0.3 is 29.2 Å². The van der Waals surface area contributed by atoms with Gasteiger partial charge in [0.15, 0.2) is 17.7 Å². The van der Waals surface area contributed by atoms with Gasteiger partial charge in [-0.25, -0.2) is 9.37 Å². The molecule has 0 saturated heterocycles. The summed E-state index contributed by atoms with van der Waals surface area (Å²) in [6.07, 6.45) is 1.52. The fraction of sp³-hybridized carbons (Fsp3) is 0.240. The van der Waals surface area contributed by atoms with Crippen LogP contribution < -0.4 is 19.5 Å². The van der Waals surface area contributed by atoms with Gasteiger partial charge in [-0.1, -0.05) is 0 Å². The highest BCUT2D eigenvalue weighted by Gasteiger charge is 2.27. The number of pyridine rings is 2. The van der Waals surface area contributed by atoms with Crippen LogP contribution in [0.15, 0.2) is 48.8 Å². The van der Waals surface area contributed by atoms with E-state index >= 15 is 0 Å². The number of rotatable bonds is 8. The van der Waals surface area contributed by atoms with Gasteiger partial charge in [0.25, 0.3) is 5.91 Å². The third-order valence-electron chi connectivity index (χ3n) is 5.73. The largest absolute Gasteiger partial charge is 0.495 e. The smallest absolute Gasteiger partial charge is 0.257 e. The SMILES string of the molecule is COc1ccc(Cn2c(C)c(C(O)C(=O)Nc3ccnc(OC)c3)c3cc(OC)c(F)cc32)nc1. The topological polar surface area (TPSA) is 108 Å². The predicted octanol–water partition coefficient (Wildman–Crippen LogP) is 3.63. The van der Waals surface area contributed by atoms with Crippen LogP contribution in [0.3, 0.4) is 0 Å². The van der Waals surface area contributed by atoms with Crippen molar-refractivity contribution >= 4 is 22.5 Å². The van der Waals surface area contributed by atoms with E-state index in [1.807, 2.05) is 0 Å². The molecule has 0 spiro atoms. The number of carbonyl (C=O) groups is 1. The standard InChI is InChI=1S/C25H25FN4O5/c1-14-23(24(31)25(32)29-15-7-8-27-22(9-15)35-4)18-10-21(34-3)19(26)11-20(18)30(14)13-16-5-6-17(33-2)12-28-16/h5-12,24,31H,13H2,1-4H3,(H,27,29,32). The van der Waals surface area contributed by atoms with Crippen molar-refractivity contribution in [3.8, 4) is 17.4 Å². The second-order valence-electron chi connectivity index (χ2n) is 7.76. The lowest BCUT2D eigenvalue weighted by Gasteiger charge is -2.14. The van der Waals surface area contributed by atoms with E-state index in [9.17, 15) is 14.3 Å². The van der Waals surface area contributed by atoms with E-state index in [1.165, 1.54) is 38.6 Å². The molecule has 10 heteroatoms. The first-order valence-corrected chi connectivity index (χ1v) is 10.7. The Morgan fingerprint density at radius 3 is 2.57 bits per heavy atom. The van der Waals surface area contributed by atoms with Crippen LogP contribution in [0.1, 0.15) is 23.1 Å². The van der Waals surface area contributed by atoms with Crippen LogP contribution in [0.2, 0.25) is 0 Å². The molecule has 0 radical (unpaired) electrons. The fourth-order valence-corrected chi connectivity index (χ4v) is 3.94. The van der Waals surface area contributed by atoms with Gasteiger partial charge >= 0.3 is 0 Å². The Bertz CT molecular complexity index is 1370. The number of aliphatic hydroxyl groups excluding tert-OH is 1. The zero-order valence-corrected chi connectivity index (χ0v) is 19.7. The van der Waals surface area contributed by atoms with Crippen molar-refractivity contribution in [1.82, 2.24) is 14.5 Å². The van der Waals surface area contributed by atoms with Gasteiger partial charge in [0.1, 0.15) is 5.75 Å². The summed E-state index contributed by atoms with van der Waals surface area (Å²) in [5.74, 6) is -0.288. The van der Waals surface area contributed by atoms with Gasteiger partial charge in [0, 0.05) is 40.7 Å². The average Bonchev–Trinajstić information content (AvgIpc) is 3.13. The third-order valence-corrected chi connectivity index (χ3v) is 5.73. The molecule has 0 aliphatic heterocycles. The van der Waals surface area contributed by atoms with Crippen LogP contribution in [0.4, 0.5) is 10.1 Å². The summed E-state index contributed by atoms with van der Waals surface area (Å²) in [6.45, 7) is 2.04.